The third-order valence-electron chi connectivity index (χ3n) is 7.00. The third-order valence-corrected chi connectivity index (χ3v) is 7.00. The lowest BCUT2D eigenvalue weighted by Crippen LogP contribution is -2.35. The zero-order chi connectivity index (χ0) is 24.9. The molecular formula is C28H32N6O2. The summed E-state index contributed by atoms with van der Waals surface area (Å²) in [4.78, 5) is 24.2. The number of amides is 1. The quantitative estimate of drug-likeness (QED) is 0.405. The molecule has 3 aromatic heterocycles. The number of hydrogen-bond donors (Lipinski definition) is 1. The molecule has 1 aliphatic rings. The minimum Gasteiger partial charge on any atom is -0.481 e. The number of nitrogens with one attached hydrogen (secondary N) is 1. The van der Waals surface area contributed by atoms with Crippen molar-refractivity contribution in [2.45, 2.75) is 32.7 Å². The van der Waals surface area contributed by atoms with Crippen LogP contribution in [0, 0.1) is 12.8 Å². The second-order valence-corrected chi connectivity index (χ2v) is 9.37. The fourth-order valence-corrected chi connectivity index (χ4v) is 4.91. The van der Waals surface area contributed by atoms with E-state index < -0.39 is 0 Å². The number of pyridine rings is 1. The van der Waals surface area contributed by atoms with Crippen molar-refractivity contribution < 1.29 is 9.53 Å². The van der Waals surface area contributed by atoms with Crippen LogP contribution < -0.4 is 10.1 Å². The van der Waals surface area contributed by atoms with E-state index in [9.17, 15) is 4.79 Å². The summed E-state index contributed by atoms with van der Waals surface area (Å²) in [5.74, 6) is 1.03. The van der Waals surface area contributed by atoms with Gasteiger partial charge in [0.05, 0.1) is 23.9 Å². The molecule has 186 valence electrons. The van der Waals surface area contributed by atoms with E-state index in [1.54, 1.807) is 24.0 Å². The predicted octanol–water partition coefficient (Wildman–Crippen LogP) is 4.14. The van der Waals surface area contributed by atoms with Gasteiger partial charge in [-0.1, -0.05) is 30.3 Å². The summed E-state index contributed by atoms with van der Waals surface area (Å²) in [5.41, 5.74) is 4.81. The summed E-state index contributed by atoms with van der Waals surface area (Å²) in [6.45, 7) is 5.79. The number of benzene rings is 1. The molecule has 5 rings (SSSR count). The van der Waals surface area contributed by atoms with Gasteiger partial charge in [-0.25, -0.2) is 14.5 Å². The zero-order valence-electron chi connectivity index (χ0n) is 20.9. The maximum absolute atomic E-state index is 13.0. The van der Waals surface area contributed by atoms with E-state index in [0.29, 0.717) is 35.2 Å². The van der Waals surface area contributed by atoms with Crippen LogP contribution in [0.1, 0.15) is 40.9 Å². The number of fused-ring (bicyclic) bond motifs is 1. The minimum absolute atomic E-state index is 0.112. The third kappa shape index (κ3) is 5.23. The van der Waals surface area contributed by atoms with Crippen molar-refractivity contribution in [3.63, 3.8) is 0 Å². The van der Waals surface area contributed by atoms with Gasteiger partial charge < -0.3 is 10.1 Å². The Balaban J connectivity index is 1.16. The summed E-state index contributed by atoms with van der Waals surface area (Å²) in [7, 11) is 1.58. The van der Waals surface area contributed by atoms with Crippen LogP contribution in [0.25, 0.3) is 16.9 Å². The maximum Gasteiger partial charge on any atom is 0.254 e. The number of piperidine rings is 1. The van der Waals surface area contributed by atoms with Crippen LogP contribution in [0.5, 0.6) is 5.88 Å². The average Bonchev–Trinajstić information content (AvgIpc) is 3.36. The molecule has 0 radical (unpaired) electrons. The Labute approximate surface area is 211 Å². The van der Waals surface area contributed by atoms with Crippen molar-refractivity contribution in [2.75, 3.05) is 26.7 Å². The number of ether oxygens (including phenoxy) is 1. The van der Waals surface area contributed by atoms with Crippen molar-refractivity contribution in [3.8, 4) is 17.1 Å². The van der Waals surface area contributed by atoms with Crippen LogP contribution in [0.4, 0.5) is 0 Å². The normalized spacial score (nSPS) is 14.7. The van der Waals surface area contributed by atoms with E-state index in [4.69, 9.17) is 4.74 Å². The smallest absolute Gasteiger partial charge is 0.254 e. The molecule has 0 spiro atoms. The molecule has 1 aromatic carbocycles. The van der Waals surface area contributed by atoms with Crippen molar-refractivity contribution in [3.05, 3.63) is 77.7 Å². The zero-order valence-corrected chi connectivity index (χ0v) is 20.9. The largest absolute Gasteiger partial charge is 0.481 e. The fourth-order valence-electron chi connectivity index (χ4n) is 4.91. The Kier molecular flexibility index (Phi) is 7.23. The van der Waals surface area contributed by atoms with Crippen LogP contribution in [0.2, 0.25) is 0 Å². The number of nitrogens with zero attached hydrogens (tertiary/aromatic N) is 5. The molecule has 0 atom stereocenters. The van der Waals surface area contributed by atoms with Crippen LogP contribution in [-0.4, -0.2) is 57.1 Å². The molecule has 8 heteroatoms. The molecular weight excluding hydrogens is 452 g/mol. The molecule has 36 heavy (non-hydrogen) atoms. The molecule has 0 aliphatic carbocycles. The first-order chi connectivity index (χ1) is 17.6. The summed E-state index contributed by atoms with van der Waals surface area (Å²) in [6.07, 6.45) is 6.64. The molecule has 0 unspecified atom stereocenters. The van der Waals surface area contributed by atoms with E-state index in [1.165, 1.54) is 18.4 Å². The Morgan fingerprint density at radius 1 is 1.11 bits per heavy atom. The number of methoxy groups -OCH3 is 1. The van der Waals surface area contributed by atoms with Crippen molar-refractivity contribution in [1.82, 2.24) is 29.8 Å². The lowest BCUT2D eigenvalue weighted by Gasteiger charge is -2.32. The summed E-state index contributed by atoms with van der Waals surface area (Å²) in [6, 6.07) is 16.3. The van der Waals surface area contributed by atoms with Gasteiger partial charge >= 0.3 is 0 Å². The number of carbonyl (C=O) groups is 1. The molecule has 0 bridgehead atoms. The van der Waals surface area contributed by atoms with Crippen molar-refractivity contribution in [2.24, 2.45) is 5.92 Å². The van der Waals surface area contributed by atoms with Gasteiger partial charge in [0.1, 0.15) is 5.69 Å². The summed E-state index contributed by atoms with van der Waals surface area (Å²) >= 11 is 0. The highest BCUT2D eigenvalue weighted by Crippen LogP contribution is 2.27. The molecule has 4 aromatic rings. The van der Waals surface area contributed by atoms with Crippen LogP contribution >= 0.6 is 0 Å². The molecule has 8 nitrogen and oxygen atoms in total. The van der Waals surface area contributed by atoms with Gasteiger partial charge in [-0.05, 0) is 62.9 Å². The van der Waals surface area contributed by atoms with E-state index >= 15 is 0 Å². The fraction of sp³-hybridized carbons (Fsp3) is 0.357. The summed E-state index contributed by atoms with van der Waals surface area (Å²) < 4.78 is 7.07. The number of carbonyl (C=O) groups excluding carboxylic acids is 1. The summed E-state index contributed by atoms with van der Waals surface area (Å²) in [5, 5.41) is 7.77. The molecule has 1 aliphatic heterocycles. The Morgan fingerprint density at radius 3 is 2.69 bits per heavy atom. The Bertz CT molecular complexity index is 1330. The molecule has 4 heterocycles. The standard InChI is InChI=1S/C28H32N6O2/c1-20-24(18-31-26-17-25(32-34(20)26)23-9-6-13-30-28(23)36-2)27(35)29-14-10-21-11-15-33(16-12-21)19-22-7-4-3-5-8-22/h3-9,13,17-18,21H,10-12,14-16,19H2,1-2H3,(H,29,35). The second-order valence-electron chi connectivity index (χ2n) is 9.37. The van der Waals surface area contributed by atoms with Gasteiger partial charge in [-0.3, -0.25) is 9.69 Å². The van der Waals surface area contributed by atoms with Gasteiger partial charge in [0.2, 0.25) is 5.88 Å². The first-order valence-electron chi connectivity index (χ1n) is 12.5. The highest BCUT2D eigenvalue weighted by Gasteiger charge is 2.20. The number of likely N-dealkylation sites (tertiary alicyclic amines) is 1. The maximum atomic E-state index is 13.0. The second kappa shape index (κ2) is 10.9. The highest BCUT2D eigenvalue weighted by atomic mass is 16.5. The van der Waals surface area contributed by atoms with Gasteiger partial charge in [0, 0.05) is 31.5 Å². The SMILES string of the molecule is COc1ncccc1-c1cc2ncc(C(=O)NCCC3CCN(Cc4ccccc4)CC3)c(C)n2n1. The minimum atomic E-state index is -0.112. The van der Waals surface area contributed by atoms with Gasteiger partial charge in [-0.2, -0.15) is 5.10 Å². The molecule has 0 saturated carbocycles. The van der Waals surface area contributed by atoms with Gasteiger partial charge in [0.25, 0.3) is 5.91 Å². The van der Waals surface area contributed by atoms with Crippen molar-refractivity contribution in [1.29, 1.82) is 0 Å². The average molecular weight is 485 g/mol. The van der Waals surface area contributed by atoms with Gasteiger partial charge in [0.15, 0.2) is 5.65 Å². The Morgan fingerprint density at radius 2 is 1.92 bits per heavy atom. The topological polar surface area (TPSA) is 84.6 Å². The van der Waals surface area contributed by atoms with Crippen LogP contribution in [-0.2, 0) is 6.54 Å². The van der Waals surface area contributed by atoms with E-state index in [2.05, 4.69) is 55.6 Å². The molecule has 1 amide bonds. The Hall–Kier alpha value is -3.78. The lowest BCUT2D eigenvalue weighted by atomic mass is 9.93. The van der Waals surface area contributed by atoms with Crippen LogP contribution in [0.3, 0.4) is 0 Å². The van der Waals surface area contributed by atoms with Crippen LogP contribution in [0.15, 0.2) is 60.9 Å². The van der Waals surface area contributed by atoms with E-state index in [0.717, 1.165) is 37.3 Å². The van der Waals surface area contributed by atoms with E-state index in [-0.39, 0.29) is 5.91 Å². The number of aromatic nitrogens is 4. The number of rotatable bonds is 8. The van der Waals surface area contributed by atoms with Crippen molar-refractivity contribution >= 4 is 11.6 Å². The number of hydrogen-bond acceptors (Lipinski definition) is 6. The number of aryl methyl sites for hydroxylation is 1. The predicted molar refractivity (Wildman–Crippen MR) is 139 cm³/mol. The highest BCUT2D eigenvalue weighted by molar-refractivity contribution is 5.95. The molecule has 1 N–H and O–H groups in total. The monoisotopic (exact) mass is 484 g/mol. The lowest BCUT2D eigenvalue weighted by molar-refractivity contribution is 0.0946. The van der Waals surface area contributed by atoms with E-state index in [1.807, 2.05) is 25.1 Å². The first kappa shape index (κ1) is 23.9. The molecule has 1 saturated heterocycles. The molecule has 1 fully saturated rings. The first-order valence-corrected chi connectivity index (χ1v) is 12.5. The van der Waals surface area contributed by atoms with Gasteiger partial charge in [-0.15, -0.1) is 0 Å².